The van der Waals surface area contributed by atoms with Gasteiger partial charge in [0.1, 0.15) is 0 Å². The van der Waals surface area contributed by atoms with Crippen molar-refractivity contribution in [3.05, 3.63) is 67.1 Å². The molecule has 0 fully saturated rings. The molecule has 0 saturated carbocycles. The standard InChI is InChI=1S/C15H15/c1-2-3-4-7-13-10-11-14-8-5-6-9-15(14)12-13/h2,5-12H,1,3-4H2. The number of hydrogen-bond acceptors (Lipinski definition) is 0. The molecule has 0 heteroatoms. The molecule has 15 heavy (non-hydrogen) atoms. The van der Waals surface area contributed by atoms with Crippen molar-refractivity contribution >= 4 is 10.8 Å². The van der Waals surface area contributed by atoms with Crippen LogP contribution in [0.25, 0.3) is 10.8 Å². The summed E-state index contributed by atoms with van der Waals surface area (Å²) in [5.41, 5.74) is 1.30. The molecule has 2 aromatic rings. The number of unbranched alkanes of at least 4 members (excludes halogenated alkanes) is 1. The van der Waals surface area contributed by atoms with Gasteiger partial charge in [0, 0.05) is 0 Å². The molecule has 0 unspecified atom stereocenters. The van der Waals surface area contributed by atoms with Crippen LogP contribution in [0.4, 0.5) is 0 Å². The predicted molar refractivity (Wildman–Crippen MR) is 66.8 cm³/mol. The van der Waals surface area contributed by atoms with E-state index in [-0.39, 0.29) is 0 Å². The first kappa shape index (κ1) is 9.97. The van der Waals surface area contributed by atoms with Crippen LogP contribution in [0.3, 0.4) is 0 Å². The highest BCUT2D eigenvalue weighted by atomic mass is 14.0. The van der Waals surface area contributed by atoms with Crippen LogP contribution in [0.5, 0.6) is 0 Å². The summed E-state index contributed by atoms with van der Waals surface area (Å²) in [5, 5.41) is 2.61. The van der Waals surface area contributed by atoms with Gasteiger partial charge in [0.05, 0.1) is 0 Å². The van der Waals surface area contributed by atoms with Gasteiger partial charge in [-0.25, -0.2) is 0 Å². The lowest BCUT2D eigenvalue weighted by Crippen LogP contribution is -1.82. The van der Waals surface area contributed by atoms with Crippen molar-refractivity contribution in [2.24, 2.45) is 0 Å². The van der Waals surface area contributed by atoms with Gasteiger partial charge in [-0.2, -0.15) is 0 Å². The molecule has 1 radical (unpaired) electrons. The third kappa shape index (κ3) is 2.47. The van der Waals surface area contributed by atoms with E-state index in [1.807, 2.05) is 6.08 Å². The molecule has 0 spiro atoms. The Morgan fingerprint density at radius 2 is 1.73 bits per heavy atom. The molecule has 0 atom stereocenters. The minimum absolute atomic E-state index is 1.05. The van der Waals surface area contributed by atoms with E-state index in [2.05, 4.69) is 55.5 Å². The van der Waals surface area contributed by atoms with Gasteiger partial charge in [0.2, 0.25) is 0 Å². The molecule has 0 aliphatic carbocycles. The largest absolute Gasteiger partial charge is 0.103 e. The second-order valence-corrected chi connectivity index (χ2v) is 3.68. The summed E-state index contributed by atoms with van der Waals surface area (Å²) in [4.78, 5) is 0. The third-order valence-corrected chi connectivity index (χ3v) is 2.52. The Labute approximate surface area is 91.2 Å². The van der Waals surface area contributed by atoms with Gasteiger partial charge in [-0.3, -0.25) is 0 Å². The Hall–Kier alpha value is -1.56. The zero-order valence-electron chi connectivity index (χ0n) is 8.82. The summed E-state index contributed by atoms with van der Waals surface area (Å²) in [6.45, 7) is 3.72. The van der Waals surface area contributed by atoms with Crippen LogP contribution < -0.4 is 0 Å². The maximum Gasteiger partial charge on any atom is -0.00898 e. The number of allylic oxidation sites excluding steroid dienone is 1. The molecule has 0 saturated heterocycles. The molecule has 0 aliphatic heterocycles. The van der Waals surface area contributed by atoms with Gasteiger partial charge in [-0.05, 0) is 35.6 Å². The minimum atomic E-state index is 1.05. The molecule has 2 aromatic carbocycles. The van der Waals surface area contributed by atoms with Crippen LogP contribution in [0.2, 0.25) is 0 Å². The lowest BCUT2D eigenvalue weighted by Gasteiger charge is -2.02. The summed E-state index contributed by atoms with van der Waals surface area (Å²) >= 11 is 0. The first-order valence-electron chi connectivity index (χ1n) is 5.33. The highest BCUT2D eigenvalue weighted by Crippen LogP contribution is 2.17. The van der Waals surface area contributed by atoms with E-state index in [0.29, 0.717) is 0 Å². The molecule has 2 rings (SSSR count). The van der Waals surface area contributed by atoms with Crippen molar-refractivity contribution < 1.29 is 0 Å². The van der Waals surface area contributed by atoms with Crippen molar-refractivity contribution in [2.75, 3.05) is 0 Å². The van der Waals surface area contributed by atoms with E-state index >= 15 is 0 Å². The maximum atomic E-state index is 3.72. The molecular formula is C15H15. The van der Waals surface area contributed by atoms with E-state index < -0.39 is 0 Å². The van der Waals surface area contributed by atoms with Gasteiger partial charge in [0.25, 0.3) is 0 Å². The van der Waals surface area contributed by atoms with Crippen LogP contribution in [0, 0.1) is 6.42 Å². The quantitative estimate of drug-likeness (QED) is 0.502. The van der Waals surface area contributed by atoms with Crippen LogP contribution in [-0.4, -0.2) is 0 Å². The second kappa shape index (κ2) is 4.79. The molecule has 75 valence electrons. The number of fused-ring (bicyclic) bond motifs is 1. The average molecular weight is 195 g/mol. The minimum Gasteiger partial charge on any atom is -0.103 e. The van der Waals surface area contributed by atoms with Crippen molar-refractivity contribution in [3.63, 3.8) is 0 Å². The number of hydrogen-bond donors (Lipinski definition) is 0. The molecular weight excluding hydrogens is 180 g/mol. The summed E-state index contributed by atoms with van der Waals surface area (Å²) < 4.78 is 0. The Morgan fingerprint density at radius 1 is 0.933 bits per heavy atom. The van der Waals surface area contributed by atoms with Gasteiger partial charge >= 0.3 is 0 Å². The number of benzene rings is 2. The fourth-order valence-electron chi connectivity index (χ4n) is 1.70. The Balaban J connectivity index is 2.19. The maximum absolute atomic E-state index is 3.72. The van der Waals surface area contributed by atoms with Crippen molar-refractivity contribution in [3.8, 4) is 0 Å². The third-order valence-electron chi connectivity index (χ3n) is 2.52. The summed E-state index contributed by atoms with van der Waals surface area (Å²) in [6.07, 6.45) is 6.33. The van der Waals surface area contributed by atoms with Gasteiger partial charge in [-0.15, -0.1) is 6.58 Å². The Bertz CT molecular complexity index is 454. The highest BCUT2D eigenvalue weighted by molar-refractivity contribution is 5.83. The lowest BCUT2D eigenvalue weighted by atomic mass is 10.0. The molecule has 0 amide bonds. The van der Waals surface area contributed by atoms with Gasteiger partial charge in [0.15, 0.2) is 0 Å². The molecule has 0 heterocycles. The average Bonchev–Trinajstić information content (AvgIpc) is 2.29. The smallest absolute Gasteiger partial charge is 0.00898 e. The van der Waals surface area contributed by atoms with Crippen LogP contribution in [0.15, 0.2) is 55.1 Å². The van der Waals surface area contributed by atoms with Crippen molar-refractivity contribution in [1.29, 1.82) is 0 Å². The van der Waals surface area contributed by atoms with Crippen LogP contribution in [-0.2, 0) is 0 Å². The first-order valence-corrected chi connectivity index (χ1v) is 5.33. The van der Waals surface area contributed by atoms with Crippen LogP contribution >= 0.6 is 0 Å². The zero-order valence-corrected chi connectivity index (χ0v) is 8.82. The normalized spacial score (nSPS) is 10.4. The summed E-state index contributed by atoms with van der Waals surface area (Å²) in [6, 6.07) is 15.0. The fourth-order valence-corrected chi connectivity index (χ4v) is 1.70. The molecule has 0 aliphatic rings. The molecule has 0 aromatic heterocycles. The van der Waals surface area contributed by atoms with Crippen molar-refractivity contribution in [2.45, 2.75) is 12.8 Å². The summed E-state index contributed by atoms with van der Waals surface area (Å²) in [7, 11) is 0. The van der Waals surface area contributed by atoms with E-state index in [4.69, 9.17) is 0 Å². The second-order valence-electron chi connectivity index (χ2n) is 3.68. The molecule has 0 bridgehead atoms. The molecule has 0 N–H and O–H groups in total. The van der Waals surface area contributed by atoms with Crippen molar-refractivity contribution in [1.82, 2.24) is 0 Å². The Kier molecular flexibility index (Phi) is 3.18. The highest BCUT2D eigenvalue weighted by Gasteiger charge is 1.95. The van der Waals surface area contributed by atoms with Gasteiger partial charge in [-0.1, -0.05) is 48.5 Å². The lowest BCUT2D eigenvalue weighted by molar-refractivity contribution is 0.994. The topological polar surface area (TPSA) is 0 Å². The molecule has 0 nitrogen and oxygen atoms in total. The van der Waals surface area contributed by atoms with E-state index in [1.54, 1.807) is 0 Å². The SMILES string of the molecule is C=CCC[CH]c1ccc2ccccc2c1. The fraction of sp³-hybridized carbons (Fsp3) is 0.133. The van der Waals surface area contributed by atoms with Crippen LogP contribution in [0.1, 0.15) is 18.4 Å². The summed E-state index contributed by atoms with van der Waals surface area (Å²) in [5.74, 6) is 0. The number of rotatable bonds is 4. The monoisotopic (exact) mass is 195 g/mol. The van der Waals surface area contributed by atoms with E-state index in [0.717, 1.165) is 12.8 Å². The first-order chi connectivity index (χ1) is 7.40. The zero-order chi connectivity index (χ0) is 10.5. The predicted octanol–water partition coefficient (Wildman–Crippen LogP) is 4.36. The Morgan fingerprint density at radius 3 is 2.53 bits per heavy atom. The van der Waals surface area contributed by atoms with Gasteiger partial charge < -0.3 is 0 Å². The van der Waals surface area contributed by atoms with E-state index in [1.165, 1.54) is 16.3 Å². The van der Waals surface area contributed by atoms with E-state index in [9.17, 15) is 0 Å².